The lowest BCUT2D eigenvalue weighted by Gasteiger charge is -2.16. The second-order valence-corrected chi connectivity index (χ2v) is 6.50. The molecule has 3 aromatic rings. The van der Waals surface area contributed by atoms with Gasteiger partial charge in [0.15, 0.2) is 11.5 Å². The zero-order valence-corrected chi connectivity index (χ0v) is 16.8. The van der Waals surface area contributed by atoms with Crippen molar-refractivity contribution in [3.05, 3.63) is 84.1 Å². The highest BCUT2D eigenvalue weighted by molar-refractivity contribution is 5.46. The van der Waals surface area contributed by atoms with E-state index in [1.807, 2.05) is 55.5 Å². The summed E-state index contributed by atoms with van der Waals surface area (Å²) in [6.07, 6.45) is 2.62. The first-order chi connectivity index (χ1) is 14.4. The Bertz CT molecular complexity index is 841. The fraction of sp³-hybridized carbons (Fsp3) is 0.292. The molecule has 0 aliphatic heterocycles. The molecule has 0 unspecified atom stereocenters. The Labute approximate surface area is 172 Å². The number of pyridine rings is 1. The highest BCUT2D eigenvalue weighted by atomic mass is 16.5. The molecule has 0 atom stereocenters. The zero-order chi connectivity index (χ0) is 20.2. The van der Waals surface area contributed by atoms with Crippen molar-refractivity contribution in [1.82, 2.24) is 10.3 Å². The van der Waals surface area contributed by atoms with E-state index < -0.39 is 0 Å². The molecule has 0 aliphatic rings. The number of para-hydroxylation sites is 1. The van der Waals surface area contributed by atoms with Crippen molar-refractivity contribution in [2.75, 3.05) is 19.8 Å². The van der Waals surface area contributed by atoms with E-state index in [-0.39, 0.29) is 0 Å². The van der Waals surface area contributed by atoms with Gasteiger partial charge in [0.2, 0.25) is 5.88 Å². The fourth-order valence-corrected chi connectivity index (χ4v) is 2.89. The Kier molecular flexibility index (Phi) is 8.35. The topological polar surface area (TPSA) is 52.6 Å². The monoisotopic (exact) mass is 392 g/mol. The van der Waals surface area contributed by atoms with Gasteiger partial charge in [-0.05, 0) is 37.6 Å². The van der Waals surface area contributed by atoms with Crippen LogP contribution in [-0.2, 0) is 13.2 Å². The maximum absolute atomic E-state index is 6.14. The average Bonchev–Trinajstić information content (AvgIpc) is 2.77. The van der Waals surface area contributed by atoms with Crippen molar-refractivity contribution in [2.45, 2.75) is 26.5 Å². The predicted molar refractivity (Wildman–Crippen MR) is 114 cm³/mol. The Morgan fingerprint density at radius 2 is 1.72 bits per heavy atom. The fourth-order valence-electron chi connectivity index (χ4n) is 2.89. The smallest absolute Gasteiger partial charge is 0.213 e. The molecule has 2 aromatic carbocycles. The van der Waals surface area contributed by atoms with Gasteiger partial charge in [-0.1, -0.05) is 48.5 Å². The van der Waals surface area contributed by atoms with Crippen LogP contribution in [0.4, 0.5) is 0 Å². The third-order valence-corrected chi connectivity index (χ3v) is 4.29. The van der Waals surface area contributed by atoms with Crippen LogP contribution < -0.4 is 19.5 Å². The van der Waals surface area contributed by atoms with E-state index in [9.17, 15) is 0 Å². The zero-order valence-electron chi connectivity index (χ0n) is 16.8. The molecule has 0 saturated heterocycles. The van der Waals surface area contributed by atoms with Gasteiger partial charge in [0.25, 0.3) is 0 Å². The highest BCUT2D eigenvalue weighted by Gasteiger charge is 2.11. The molecule has 1 aromatic heterocycles. The van der Waals surface area contributed by atoms with E-state index in [1.165, 1.54) is 0 Å². The van der Waals surface area contributed by atoms with Crippen LogP contribution in [0.2, 0.25) is 0 Å². The molecule has 1 N–H and O–H groups in total. The number of rotatable bonds is 12. The molecule has 0 bridgehead atoms. The third kappa shape index (κ3) is 6.80. The second kappa shape index (κ2) is 11.7. The number of nitrogens with zero attached hydrogens (tertiary/aromatic N) is 1. The molecule has 1 heterocycles. The van der Waals surface area contributed by atoms with Crippen LogP contribution >= 0.6 is 0 Å². The molecule has 0 saturated carbocycles. The molecule has 0 spiro atoms. The van der Waals surface area contributed by atoms with Crippen LogP contribution in [0.5, 0.6) is 17.4 Å². The summed E-state index contributed by atoms with van der Waals surface area (Å²) in [5.74, 6) is 2.24. The Morgan fingerprint density at radius 3 is 2.52 bits per heavy atom. The Morgan fingerprint density at radius 1 is 0.862 bits per heavy atom. The molecular formula is C24H28N2O3. The van der Waals surface area contributed by atoms with Gasteiger partial charge in [-0.25, -0.2) is 4.98 Å². The first kappa shape index (κ1) is 20.7. The quantitative estimate of drug-likeness (QED) is 0.456. The van der Waals surface area contributed by atoms with Crippen molar-refractivity contribution in [2.24, 2.45) is 0 Å². The van der Waals surface area contributed by atoms with E-state index >= 15 is 0 Å². The van der Waals surface area contributed by atoms with Gasteiger partial charge in [0.05, 0.1) is 13.2 Å². The lowest BCUT2D eigenvalue weighted by Crippen LogP contribution is -2.18. The van der Waals surface area contributed by atoms with Crippen LogP contribution in [0.1, 0.15) is 24.5 Å². The summed E-state index contributed by atoms with van der Waals surface area (Å²) < 4.78 is 17.6. The van der Waals surface area contributed by atoms with Crippen molar-refractivity contribution >= 4 is 0 Å². The minimum atomic E-state index is 0.510. The van der Waals surface area contributed by atoms with Gasteiger partial charge in [-0.3, -0.25) is 0 Å². The number of benzene rings is 2. The number of hydrogen-bond acceptors (Lipinski definition) is 5. The molecule has 5 nitrogen and oxygen atoms in total. The van der Waals surface area contributed by atoms with E-state index in [2.05, 4.69) is 28.5 Å². The van der Waals surface area contributed by atoms with Crippen LogP contribution in [-0.4, -0.2) is 24.7 Å². The van der Waals surface area contributed by atoms with E-state index in [0.717, 1.165) is 35.6 Å². The largest absolute Gasteiger partial charge is 0.490 e. The summed E-state index contributed by atoms with van der Waals surface area (Å²) in [4.78, 5) is 4.16. The van der Waals surface area contributed by atoms with Crippen LogP contribution in [0.3, 0.4) is 0 Å². The third-order valence-electron chi connectivity index (χ3n) is 4.29. The van der Waals surface area contributed by atoms with Gasteiger partial charge >= 0.3 is 0 Å². The summed E-state index contributed by atoms with van der Waals surface area (Å²) >= 11 is 0. The maximum Gasteiger partial charge on any atom is 0.213 e. The molecular weight excluding hydrogens is 364 g/mol. The van der Waals surface area contributed by atoms with Crippen molar-refractivity contribution in [3.8, 4) is 17.4 Å². The van der Waals surface area contributed by atoms with Crippen molar-refractivity contribution in [3.63, 3.8) is 0 Å². The van der Waals surface area contributed by atoms with Gasteiger partial charge < -0.3 is 19.5 Å². The van der Waals surface area contributed by atoms with Crippen molar-refractivity contribution in [1.29, 1.82) is 0 Å². The Hall–Kier alpha value is -3.05. The minimum Gasteiger partial charge on any atom is -0.490 e. The minimum absolute atomic E-state index is 0.510. The molecule has 5 heteroatoms. The molecule has 0 radical (unpaired) electrons. The molecule has 152 valence electrons. The van der Waals surface area contributed by atoms with E-state index in [1.54, 1.807) is 6.20 Å². The second-order valence-electron chi connectivity index (χ2n) is 6.50. The number of ether oxygens (including phenoxy) is 3. The van der Waals surface area contributed by atoms with Crippen LogP contribution in [0.25, 0.3) is 0 Å². The summed E-state index contributed by atoms with van der Waals surface area (Å²) in [5.41, 5.74) is 2.21. The molecule has 0 fully saturated rings. The normalized spacial score (nSPS) is 10.5. The molecule has 3 rings (SSSR count). The van der Waals surface area contributed by atoms with Crippen LogP contribution in [0, 0.1) is 0 Å². The van der Waals surface area contributed by atoms with E-state index in [4.69, 9.17) is 14.2 Å². The van der Waals surface area contributed by atoms with Gasteiger partial charge in [-0.2, -0.15) is 0 Å². The van der Waals surface area contributed by atoms with Gasteiger partial charge in [0, 0.05) is 24.4 Å². The first-order valence-corrected chi connectivity index (χ1v) is 10.0. The number of hydrogen-bond donors (Lipinski definition) is 1. The van der Waals surface area contributed by atoms with Gasteiger partial charge in [0.1, 0.15) is 6.61 Å². The SMILES string of the molecule is CCOc1cccc(CNCCCOc2ccccn2)c1OCc1ccccc1. The summed E-state index contributed by atoms with van der Waals surface area (Å²) in [5, 5.41) is 3.46. The number of nitrogens with one attached hydrogen (secondary N) is 1. The van der Waals surface area contributed by atoms with Crippen LogP contribution in [0.15, 0.2) is 72.9 Å². The van der Waals surface area contributed by atoms with E-state index in [0.29, 0.717) is 32.2 Å². The lowest BCUT2D eigenvalue weighted by atomic mass is 10.1. The Balaban J connectivity index is 1.51. The number of aromatic nitrogens is 1. The highest BCUT2D eigenvalue weighted by Crippen LogP contribution is 2.32. The van der Waals surface area contributed by atoms with Crippen molar-refractivity contribution < 1.29 is 14.2 Å². The summed E-state index contributed by atoms with van der Waals surface area (Å²) in [7, 11) is 0. The first-order valence-electron chi connectivity index (χ1n) is 10.0. The standard InChI is InChI=1S/C24H28N2O3/c1-2-27-22-13-8-12-21(24(22)29-19-20-10-4-3-5-11-20)18-25-15-9-17-28-23-14-6-7-16-26-23/h3-8,10-14,16,25H,2,9,15,17-19H2,1H3. The summed E-state index contributed by atoms with van der Waals surface area (Å²) in [6, 6.07) is 21.8. The molecule has 0 aliphatic carbocycles. The predicted octanol–water partition coefficient (Wildman–Crippen LogP) is 4.62. The summed E-state index contributed by atoms with van der Waals surface area (Å²) in [6.45, 7) is 5.26. The lowest BCUT2D eigenvalue weighted by molar-refractivity contribution is 0.265. The average molecular weight is 392 g/mol. The van der Waals surface area contributed by atoms with Gasteiger partial charge in [-0.15, -0.1) is 0 Å². The molecule has 0 amide bonds. The maximum atomic E-state index is 6.14. The molecule has 29 heavy (non-hydrogen) atoms.